The monoisotopic (exact) mass is 471 g/mol. The van der Waals surface area contributed by atoms with Crippen molar-refractivity contribution in [3.8, 4) is 0 Å². The molecule has 2 aromatic carbocycles. The SMILES string of the molecule is O=C(NCc1cccc(C(=O)N2CCCC2)c1)c1ccc(S(=O)(=O)NCC2CCCO2)cc1. The lowest BCUT2D eigenvalue weighted by Crippen LogP contribution is -2.31. The summed E-state index contributed by atoms with van der Waals surface area (Å²) in [4.78, 5) is 27.1. The van der Waals surface area contributed by atoms with Crippen molar-refractivity contribution in [2.75, 3.05) is 26.2 Å². The van der Waals surface area contributed by atoms with Crippen molar-refractivity contribution in [2.24, 2.45) is 0 Å². The van der Waals surface area contributed by atoms with Crippen LogP contribution in [0.1, 0.15) is 52.0 Å². The van der Waals surface area contributed by atoms with Crippen LogP contribution in [0.15, 0.2) is 53.4 Å². The summed E-state index contributed by atoms with van der Waals surface area (Å²) in [5.41, 5.74) is 1.80. The minimum atomic E-state index is -3.66. The molecular formula is C24H29N3O5S. The highest BCUT2D eigenvalue weighted by Gasteiger charge is 2.21. The average molecular weight is 472 g/mol. The molecule has 0 saturated carbocycles. The number of carbonyl (C=O) groups excluding carboxylic acids is 2. The number of likely N-dealkylation sites (tertiary alicyclic amines) is 1. The molecule has 2 aromatic rings. The van der Waals surface area contributed by atoms with Gasteiger partial charge in [0, 0.05) is 43.9 Å². The molecule has 0 aliphatic carbocycles. The summed E-state index contributed by atoms with van der Waals surface area (Å²) in [6.07, 6.45) is 3.76. The number of nitrogens with one attached hydrogen (secondary N) is 2. The van der Waals surface area contributed by atoms with E-state index < -0.39 is 10.0 Å². The Morgan fingerprint density at radius 3 is 2.45 bits per heavy atom. The van der Waals surface area contributed by atoms with Crippen LogP contribution in [0.3, 0.4) is 0 Å². The molecule has 176 valence electrons. The smallest absolute Gasteiger partial charge is 0.253 e. The van der Waals surface area contributed by atoms with Gasteiger partial charge in [-0.25, -0.2) is 13.1 Å². The van der Waals surface area contributed by atoms with Gasteiger partial charge in [-0.2, -0.15) is 0 Å². The van der Waals surface area contributed by atoms with Crippen LogP contribution in [-0.2, 0) is 21.3 Å². The van der Waals surface area contributed by atoms with E-state index in [1.165, 1.54) is 24.3 Å². The second-order valence-electron chi connectivity index (χ2n) is 8.39. The fraction of sp³-hybridized carbons (Fsp3) is 0.417. The van der Waals surface area contributed by atoms with Crippen LogP contribution in [0.2, 0.25) is 0 Å². The predicted octanol–water partition coefficient (Wildman–Crippen LogP) is 2.31. The number of ether oxygens (including phenoxy) is 1. The van der Waals surface area contributed by atoms with Crippen LogP contribution < -0.4 is 10.0 Å². The number of nitrogens with zero attached hydrogens (tertiary/aromatic N) is 1. The lowest BCUT2D eigenvalue weighted by Gasteiger charge is -2.15. The number of hydrogen-bond donors (Lipinski definition) is 2. The minimum Gasteiger partial charge on any atom is -0.377 e. The van der Waals surface area contributed by atoms with Gasteiger partial charge in [-0.3, -0.25) is 9.59 Å². The van der Waals surface area contributed by atoms with E-state index in [1.54, 1.807) is 12.1 Å². The molecule has 1 unspecified atom stereocenters. The molecular weight excluding hydrogens is 442 g/mol. The largest absolute Gasteiger partial charge is 0.377 e. The van der Waals surface area contributed by atoms with E-state index in [2.05, 4.69) is 10.0 Å². The van der Waals surface area contributed by atoms with E-state index in [-0.39, 0.29) is 35.9 Å². The molecule has 33 heavy (non-hydrogen) atoms. The molecule has 0 radical (unpaired) electrons. The molecule has 1 atom stereocenters. The van der Waals surface area contributed by atoms with Crippen molar-refractivity contribution in [3.63, 3.8) is 0 Å². The Hall–Kier alpha value is -2.75. The summed E-state index contributed by atoms with van der Waals surface area (Å²) in [5, 5.41) is 2.83. The van der Waals surface area contributed by atoms with E-state index in [4.69, 9.17) is 4.74 Å². The molecule has 2 fully saturated rings. The highest BCUT2D eigenvalue weighted by atomic mass is 32.2. The van der Waals surface area contributed by atoms with E-state index in [0.29, 0.717) is 17.7 Å². The van der Waals surface area contributed by atoms with Crippen LogP contribution in [0.25, 0.3) is 0 Å². The number of carbonyl (C=O) groups is 2. The average Bonchev–Trinajstić information content (AvgIpc) is 3.56. The Morgan fingerprint density at radius 2 is 1.76 bits per heavy atom. The standard InChI is InChI=1S/C24H29N3O5S/c28-23(25-16-18-5-3-6-20(15-18)24(29)27-12-1-2-13-27)19-8-10-22(11-9-19)33(30,31)26-17-21-7-4-14-32-21/h3,5-6,8-11,15,21,26H,1-2,4,7,12-14,16-17H2,(H,25,28). The lowest BCUT2D eigenvalue weighted by atomic mass is 10.1. The predicted molar refractivity (Wildman–Crippen MR) is 123 cm³/mol. The zero-order valence-electron chi connectivity index (χ0n) is 18.5. The molecule has 2 amide bonds. The van der Waals surface area contributed by atoms with Crippen LogP contribution in [-0.4, -0.2) is 57.5 Å². The molecule has 0 bridgehead atoms. The van der Waals surface area contributed by atoms with Gasteiger partial charge in [0.25, 0.3) is 11.8 Å². The van der Waals surface area contributed by atoms with Gasteiger partial charge in [0.15, 0.2) is 0 Å². The van der Waals surface area contributed by atoms with Crippen LogP contribution in [0.5, 0.6) is 0 Å². The van der Waals surface area contributed by atoms with E-state index in [9.17, 15) is 18.0 Å². The van der Waals surface area contributed by atoms with Crippen LogP contribution >= 0.6 is 0 Å². The van der Waals surface area contributed by atoms with Gasteiger partial charge < -0.3 is 15.0 Å². The Balaban J connectivity index is 1.32. The molecule has 0 spiro atoms. The number of amides is 2. The van der Waals surface area contributed by atoms with Crippen molar-refractivity contribution < 1.29 is 22.7 Å². The fourth-order valence-electron chi connectivity index (χ4n) is 4.08. The molecule has 2 heterocycles. The molecule has 2 N–H and O–H groups in total. The van der Waals surface area contributed by atoms with Crippen molar-refractivity contribution in [1.82, 2.24) is 14.9 Å². The van der Waals surface area contributed by atoms with Crippen molar-refractivity contribution >= 4 is 21.8 Å². The summed E-state index contributed by atoms with van der Waals surface area (Å²) in [6, 6.07) is 13.1. The molecule has 8 nitrogen and oxygen atoms in total. The van der Waals surface area contributed by atoms with Gasteiger partial charge in [-0.15, -0.1) is 0 Å². The van der Waals surface area contributed by atoms with Crippen LogP contribution in [0, 0.1) is 0 Å². The lowest BCUT2D eigenvalue weighted by molar-refractivity contribution is 0.0792. The normalized spacial score (nSPS) is 18.4. The van der Waals surface area contributed by atoms with Gasteiger partial charge in [0.2, 0.25) is 10.0 Å². The first-order valence-electron chi connectivity index (χ1n) is 11.3. The molecule has 2 aliphatic rings. The first-order valence-corrected chi connectivity index (χ1v) is 12.8. The molecule has 2 aliphatic heterocycles. The summed E-state index contributed by atoms with van der Waals surface area (Å²) in [5.74, 6) is -0.298. The van der Waals surface area contributed by atoms with E-state index >= 15 is 0 Å². The maximum Gasteiger partial charge on any atom is 0.253 e. The molecule has 2 saturated heterocycles. The first-order chi connectivity index (χ1) is 15.9. The second-order valence-corrected chi connectivity index (χ2v) is 10.2. The highest BCUT2D eigenvalue weighted by molar-refractivity contribution is 7.89. The summed E-state index contributed by atoms with van der Waals surface area (Å²) in [7, 11) is -3.66. The maximum atomic E-state index is 12.6. The Morgan fingerprint density at radius 1 is 1.00 bits per heavy atom. The Kier molecular flexibility index (Phi) is 7.42. The fourth-order valence-corrected chi connectivity index (χ4v) is 5.14. The quantitative estimate of drug-likeness (QED) is 0.615. The summed E-state index contributed by atoms with van der Waals surface area (Å²) in [6.45, 7) is 2.74. The Labute approximate surface area is 194 Å². The van der Waals surface area contributed by atoms with Crippen LogP contribution in [0.4, 0.5) is 0 Å². The minimum absolute atomic E-state index is 0.0191. The number of benzene rings is 2. The summed E-state index contributed by atoms with van der Waals surface area (Å²) < 4.78 is 32.9. The maximum absolute atomic E-state index is 12.6. The van der Waals surface area contributed by atoms with Gasteiger partial charge >= 0.3 is 0 Å². The number of rotatable bonds is 8. The van der Waals surface area contributed by atoms with E-state index in [1.807, 2.05) is 17.0 Å². The topological polar surface area (TPSA) is 105 Å². The van der Waals surface area contributed by atoms with Crippen molar-refractivity contribution in [3.05, 3.63) is 65.2 Å². The third-order valence-corrected chi connectivity index (χ3v) is 7.41. The van der Waals surface area contributed by atoms with Gasteiger partial charge in [-0.1, -0.05) is 12.1 Å². The molecule has 9 heteroatoms. The molecule has 0 aromatic heterocycles. The van der Waals surface area contributed by atoms with Gasteiger partial charge in [0.1, 0.15) is 0 Å². The zero-order chi connectivity index (χ0) is 23.3. The van der Waals surface area contributed by atoms with Crippen molar-refractivity contribution in [1.29, 1.82) is 0 Å². The van der Waals surface area contributed by atoms with Gasteiger partial charge in [-0.05, 0) is 67.6 Å². The van der Waals surface area contributed by atoms with E-state index in [0.717, 1.165) is 44.3 Å². The third-order valence-electron chi connectivity index (χ3n) is 5.97. The number of hydrogen-bond acceptors (Lipinski definition) is 5. The molecule has 4 rings (SSSR count). The highest BCUT2D eigenvalue weighted by Crippen LogP contribution is 2.16. The zero-order valence-corrected chi connectivity index (χ0v) is 19.3. The van der Waals surface area contributed by atoms with Gasteiger partial charge in [0.05, 0.1) is 11.0 Å². The first kappa shape index (κ1) is 23.4. The Bertz CT molecular complexity index is 1090. The third kappa shape index (κ3) is 5.98. The summed E-state index contributed by atoms with van der Waals surface area (Å²) >= 11 is 0. The van der Waals surface area contributed by atoms with Crippen molar-refractivity contribution in [2.45, 2.75) is 43.2 Å². The second kappa shape index (κ2) is 10.5. The number of sulfonamides is 1.